The van der Waals surface area contributed by atoms with E-state index in [2.05, 4.69) is 10.5 Å². The number of alkyl halides is 3. The summed E-state index contributed by atoms with van der Waals surface area (Å²) < 4.78 is 41.0. The highest BCUT2D eigenvalue weighted by Gasteiger charge is 2.27. The van der Waals surface area contributed by atoms with Gasteiger partial charge in [0.05, 0.1) is 19.8 Å². The first-order valence-corrected chi connectivity index (χ1v) is 3.42. The van der Waals surface area contributed by atoms with Gasteiger partial charge in [0, 0.05) is 0 Å². The summed E-state index contributed by atoms with van der Waals surface area (Å²) in [6.45, 7) is -3.01. The van der Waals surface area contributed by atoms with Gasteiger partial charge in [-0.1, -0.05) is 0 Å². The molecule has 0 bridgehead atoms. The molecule has 0 saturated carbocycles. The van der Waals surface area contributed by atoms with Gasteiger partial charge in [-0.25, -0.2) is 13.2 Å². The van der Waals surface area contributed by atoms with E-state index in [1.165, 1.54) is 0 Å². The van der Waals surface area contributed by atoms with E-state index < -0.39 is 38.5 Å². The summed E-state index contributed by atoms with van der Waals surface area (Å²) in [7, 11) is 0. The van der Waals surface area contributed by atoms with Gasteiger partial charge in [0.1, 0.15) is 12.8 Å². The molecule has 0 aliphatic heterocycles. The molecule has 0 aromatic carbocycles. The highest BCUT2D eigenvalue weighted by atomic mass is 19.3. The van der Waals surface area contributed by atoms with Gasteiger partial charge in [0.25, 0.3) is 5.92 Å². The minimum absolute atomic E-state index is 0.536. The Morgan fingerprint density at radius 3 is 2.50 bits per heavy atom. The van der Waals surface area contributed by atoms with Crippen molar-refractivity contribution in [1.29, 1.82) is 0 Å². The molecule has 12 heavy (non-hydrogen) atoms. The Labute approximate surface area is 68.3 Å². The first kappa shape index (κ1) is 11.7. The fraction of sp³-hybridized carbons (Fsp3) is 1.00. The van der Waals surface area contributed by atoms with Crippen molar-refractivity contribution >= 4 is 0 Å². The van der Waals surface area contributed by atoms with Crippen LogP contribution in [0.1, 0.15) is 0 Å². The van der Waals surface area contributed by atoms with E-state index in [1.54, 1.807) is 0 Å². The van der Waals surface area contributed by atoms with Crippen molar-refractivity contribution in [3.05, 3.63) is 0 Å². The van der Waals surface area contributed by atoms with E-state index in [4.69, 9.17) is 5.11 Å². The van der Waals surface area contributed by atoms with Crippen molar-refractivity contribution in [2.75, 3.05) is 26.4 Å². The zero-order valence-electron chi connectivity index (χ0n) is 6.47. The third-order valence-electron chi connectivity index (χ3n) is 1.11. The maximum atomic E-state index is 12.3. The first-order chi connectivity index (χ1) is 5.52. The molecular weight excluding hydrogens is 175 g/mol. The summed E-state index contributed by atoms with van der Waals surface area (Å²) in [4.78, 5) is 0. The number of nitrogens with two attached hydrogens (primary N) is 1. The molecule has 0 radical (unpaired) electrons. The number of aliphatic hydroxyl groups excluding tert-OH is 1. The maximum absolute atomic E-state index is 12.3. The molecule has 1 atom stereocenters. The minimum atomic E-state index is -3.12. The van der Waals surface area contributed by atoms with Gasteiger partial charge in [-0.15, -0.1) is 0 Å². The predicted octanol–water partition coefficient (Wildman–Crippen LogP) is -0.0726. The van der Waals surface area contributed by atoms with E-state index in [9.17, 15) is 13.2 Å². The first-order valence-electron chi connectivity index (χ1n) is 3.42. The van der Waals surface area contributed by atoms with Crippen LogP contribution in [0.2, 0.25) is 0 Å². The van der Waals surface area contributed by atoms with Crippen molar-refractivity contribution in [3.8, 4) is 0 Å². The zero-order chi connectivity index (χ0) is 9.61. The Kier molecular flexibility index (Phi) is 5.19. The fourth-order valence-electron chi connectivity index (χ4n) is 0.448. The second-order valence-corrected chi connectivity index (χ2v) is 2.36. The van der Waals surface area contributed by atoms with Gasteiger partial charge in [0.15, 0.2) is 0 Å². The van der Waals surface area contributed by atoms with Crippen LogP contribution in [0.4, 0.5) is 13.2 Å². The van der Waals surface area contributed by atoms with Crippen molar-refractivity contribution in [1.82, 2.24) is 0 Å². The fourth-order valence-corrected chi connectivity index (χ4v) is 0.448. The lowest BCUT2D eigenvalue weighted by Crippen LogP contribution is -2.34. The quantitative estimate of drug-likeness (QED) is 0.611. The second-order valence-electron chi connectivity index (χ2n) is 2.36. The van der Waals surface area contributed by atoms with Gasteiger partial charge >= 0.3 is 0 Å². The number of halogens is 3. The van der Waals surface area contributed by atoms with Crippen LogP contribution in [-0.2, 0) is 4.74 Å². The molecule has 0 aromatic heterocycles. The van der Waals surface area contributed by atoms with E-state index in [0.717, 1.165) is 0 Å². The van der Waals surface area contributed by atoms with E-state index in [1.807, 2.05) is 0 Å². The summed E-state index contributed by atoms with van der Waals surface area (Å²) >= 11 is 0. The van der Waals surface area contributed by atoms with Crippen LogP contribution in [0, 0.1) is 0 Å². The van der Waals surface area contributed by atoms with Crippen molar-refractivity contribution in [2.24, 2.45) is 5.73 Å². The topological polar surface area (TPSA) is 55.5 Å². The summed E-state index contributed by atoms with van der Waals surface area (Å²) in [6, 6.07) is 0. The molecule has 3 N–H and O–H groups in total. The van der Waals surface area contributed by atoms with Gasteiger partial charge in [0.2, 0.25) is 0 Å². The monoisotopic (exact) mass is 187 g/mol. The lowest BCUT2D eigenvalue weighted by molar-refractivity contribution is -0.0807. The molecule has 0 aliphatic carbocycles. The average molecular weight is 187 g/mol. The molecular formula is C6H12F3NO2. The molecule has 0 heterocycles. The summed E-state index contributed by atoms with van der Waals surface area (Å²) in [5.41, 5.74) is 4.68. The molecule has 0 spiro atoms. The van der Waals surface area contributed by atoms with Crippen LogP contribution >= 0.6 is 0 Å². The van der Waals surface area contributed by atoms with E-state index >= 15 is 0 Å². The van der Waals surface area contributed by atoms with Crippen LogP contribution in [0.15, 0.2) is 0 Å². The Hall–Kier alpha value is -0.330. The van der Waals surface area contributed by atoms with Gasteiger partial charge in [-0.2, -0.15) is 0 Å². The highest BCUT2D eigenvalue weighted by Crippen LogP contribution is 2.11. The van der Waals surface area contributed by atoms with Crippen LogP contribution < -0.4 is 5.73 Å². The van der Waals surface area contributed by atoms with E-state index in [-0.39, 0.29) is 0 Å². The van der Waals surface area contributed by atoms with Crippen molar-refractivity contribution < 1.29 is 23.0 Å². The highest BCUT2D eigenvalue weighted by molar-refractivity contribution is 4.65. The Balaban J connectivity index is 3.42. The van der Waals surface area contributed by atoms with Crippen LogP contribution in [-0.4, -0.2) is 43.6 Å². The molecule has 3 nitrogen and oxygen atoms in total. The average Bonchev–Trinajstić information content (AvgIpc) is 2.04. The largest absolute Gasteiger partial charge is 0.393 e. The van der Waals surface area contributed by atoms with Gasteiger partial charge < -0.3 is 15.6 Å². The maximum Gasteiger partial charge on any atom is 0.282 e. The van der Waals surface area contributed by atoms with Gasteiger partial charge in [-0.3, -0.25) is 0 Å². The molecule has 0 amide bonds. The summed E-state index contributed by atoms with van der Waals surface area (Å²) in [5.74, 6) is -3.12. The van der Waals surface area contributed by atoms with Crippen LogP contribution in [0.25, 0.3) is 0 Å². The second kappa shape index (κ2) is 5.34. The smallest absolute Gasteiger partial charge is 0.282 e. The molecule has 74 valence electrons. The number of hydrogen-bond donors (Lipinski definition) is 2. The molecule has 6 heteroatoms. The Morgan fingerprint density at radius 2 is 2.08 bits per heavy atom. The third-order valence-corrected chi connectivity index (χ3v) is 1.11. The standard InChI is InChI=1S/C6H12F3NO2/c7-5(1-11)2-12-4-6(8,9)3-10/h5,11H,1-4,10H2. The molecule has 0 aliphatic rings. The number of hydrogen-bond acceptors (Lipinski definition) is 3. The van der Waals surface area contributed by atoms with Crippen LogP contribution in [0.5, 0.6) is 0 Å². The Bertz CT molecular complexity index is 123. The normalized spacial score (nSPS) is 14.8. The third kappa shape index (κ3) is 5.34. The molecule has 0 fully saturated rings. The number of ether oxygens (including phenoxy) is 1. The lowest BCUT2D eigenvalue weighted by Gasteiger charge is -2.14. The van der Waals surface area contributed by atoms with Crippen molar-refractivity contribution in [3.63, 3.8) is 0 Å². The Morgan fingerprint density at radius 1 is 1.50 bits per heavy atom. The number of rotatable bonds is 6. The number of aliphatic hydroxyl groups is 1. The van der Waals surface area contributed by atoms with Crippen molar-refractivity contribution in [2.45, 2.75) is 12.1 Å². The predicted molar refractivity (Wildman–Crippen MR) is 36.8 cm³/mol. The summed E-state index contributed by atoms with van der Waals surface area (Å²) in [6.07, 6.45) is -1.61. The van der Waals surface area contributed by atoms with E-state index in [0.29, 0.717) is 0 Å². The van der Waals surface area contributed by atoms with Crippen LogP contribution in [0.3, 0.4) is 0 Å². The minimum Gasteiger partial charge on any atom is -0.393 e. The molecule has 0 saturated heterocycles. The zero-order valence-corrected chi connectivity index (χ0v) is 6.47. The SMILES string of the molecule is NCC(F)(F)COCC(F)CO. The van der Waals surface area contributed by atoms with Gasteiger partial charge in [-0.05, 0) is 0 Å². The summed E-state index contributed by atoms with van der Waals surface area (Å²) in [5, 5.41) is 8.15. The lowest BCUT2D eigenvalue weighted by atomic mass is 10.3. The molecule has 1 unspecified atom stereocenters. The molecule has 0 aromatic rings. The molecule has 0 rings (SSSR count).